The van der Waals surface area contributed by atoms with Gasteiger partial charge in [0.1, 0.15) is 5.56 Å². The Labute approximate surface area is 163 Å². The average molecular weight is 375 g/mol. The van der Waals surface area contributed by atoms with Crippen LogP contribution in [0.1, 0.15) is 63.5 Å². The third-order valence-corrected chi connectivity index (χ3v) is 5.44. The van der Waals surface area contributed by atoms with Crippen LogP contribution in [0.15, 0.2) is 22.8 Å². The lowest BCUT2D eigenvalue weighted by Crippen LogP contribution is -2.52. The molecule has 27 heavy (non-hydrogen) atoms. The van der Waals surface area contributed by atoms with Crippen LogP contribution in [0.25, 0.3) is 0 Å². The third kappa shape index (κ3) is 4.86. The number of carbonyl (C=O) groups is 1. The molecule has 1 aliphatic carbocycles. The maximum absolute atomic E-state index is 11.7. The fraction of sp³-hybridized carbons (Fsp3) is 0.667. The minimum Gasteiger partial charge on any atom is -0.465 e. The van der Waals surface area contributed by atoms with Crippen molar-refractivity contribution >= 4 is 11.7 Å². The molecule has 1 spiro atoms. The first-order valence-corrected chi connectivity index (χ1v) is 9.94. The molecule has 1 atom stereocenters. The molecule has 1 aromatic rings. The molecule has 1 aliphatic heterocycles. The summed E-state index contributed by atoms with van der Waals surface area (Å²) in [7, 11) is 1.39. The van der Waals surface area contributed by atoms with E-state index in [-0.39, 0.29) is 12.1 Å². The molecule has 2 fully saturated rings. The van der Waals surface area contributed by atoms with Crippen molar-refractivity contribution in [2.24, 2.45) is 10.4 Å². The molecule has 0 amide bonds. The molecule has 1 aromatic heterocycles. The second-order valence-electron chi connectivity index (χ2n) is 7.38. The first-order valence-electron chi connectivity index (χ1n) is 9.94. The quantitative estimate of drug-likeness (QED) is 0.560. The topological polar surface area (TPSA) is 59.7 Å². The molecule has 1 saturated carbocycles. The van der Waals surface area contributed by atoms with Gasteiger partial charge in [-0.3, -0.25) is 14.6 Å². The molecule has 0 N–H and O–H groups in total. The van der Waals surface area contributed by atoms with E-state index in [1.54, 1.807) is 10.9 Å². The summed E-state index contributed by atoms with van der Waals surface area (Å²) in [5.74, 6) is -0.350. The van der Waals surface area contributed by atoms with E-state index in [2.05, 4.69) is 29.9 Å². The van der Waals surface area contributed by atoms with Crippen LogP contribution in [0.5, 0.6) is 0 Å². The molecular weight excluding hydrogens is 340 g/mol. The van der Waals surface area contributed by atoms with E-state index in [1.165, 1.54) is 33.0 Å². The lowest BCUT2D eigenvalue weighted by Gasteiger charge is -2.42. The van der Waals surface area contributed by atoms with Gasteiger partial charge in [0.25, 0.3) is 0 Å². The summed E-state index contributed by atoms with van der Waals surface area (Å²) in [6.45, 7) is 15.0. The zero-order valence-electron chi connectivity index (χ0n) is 17.9. The highest BCUT2D eigenvalue weighted by Crippen LogP contribution is 2.53. The first-order chi connectivity index (χ1) is 12.9. The number of allylic oxidation sites excluding steroid dienone is 2. The van der Waals surface area contributed by atoms with Gasteiger partial charge in [-0.05, 0) is 51.5 Å². The highest BCUT2D eigenvalue weighted by Gasteiger charge is 2.53. The highest BCUT2D eigenvalue weighted by molar-refractivity contribution is 5.98. The minimum absolute atomic E-state index is 0.214. The van der Waals surface area contributed by atoms with Crippen molar-refractivity contribution in [2.45, 2.75) is 67.1 Å². The smallest absolute Gasteiger partial charge is 0.341 e. The van der Waals surface area contributed by atoms with Crippen molar-refractivity contribution in [3.63, 3.8) is 0 Å². The number of aryl methyl sites for hydroxylation is 1. The summed E-state index contributed by atoms with van der Waals surface area (Å²) in [6.07, 6.45) is 6.80. The summed E-state index contributed by atoms with van der Waals surface area (Å²) in [4.78, 5) is 19.1. The van der Waals surface area contributed by atoms with Crippen molar-refractivity contribution in [3.05, 3.63) is 29.1 Å². The third-order valence-electron chi connectivity index (χ3n) is 5.44. The van der Waals surface area contributed by atoms with Gasteiger partial charge in [0.2, 0.25) is 0 Å². The Kier molecular flexibility index (Phi) is 6.98. The predicted molar refractivity (Wildman–Crippen MR) is 109 cm³/mol. The highest BCUT2D eigenvalue weighted by atomic mass is 16.5. The maximum Gasteiger partial charge on any atom is 0.341 e. The number of carbonyl (C=O) groups excluding carboxylic acids is 1. The van der Waals surface area contributed by atoms with E-state index < -0.39 is 0 Å². The number of esters is 1. The second-order valence-corrected chi connectivity index (χ2v) is 7.38. The van der Waals surface area contributed by atoms with E-state index in [9.17, 15) is 4.79 Å². The summed E-state index contributed by atoms with van der Waals surface area (Å²) >= 11 is 0. The SMILES string of the molecule is C/C=C(Cn1cc(C(=O)OC)c(C)n1)\C(C)=N/C(C)N1CC2(CC2)C1.CC. The van der Waals surface area contributed by atoms with Gasteiger partial charge in [-0.15, -0.1) is 0 Å². The average Bonchev–Trinajstić information content (AvgIpc) is 3.36. The molecule has 3 rings (SSSR count). The molecule has 6 heteroatoms. The number of rotatable bonds is 6. The van der Waals surface area contributed by atoms with Crippen LogP contribution in [-0.2, 0) is 11.3 Å². The van der Waals surface area contributed by atoms with Crippen LogP contribution < -0.4 is 0 Å². The van der Waals surface area contributed by atoms with Crippen LogP contribution in [0.2, 0.25) is 0 Å². The molecule has 2 aliphatic rings. The standard InChI is InChI=1S/C19H28N4O2.C2H6/c1-6-16(9-23-10-17(14(3)21-23)18(24)25-5)13(2)20-15(4)22-11-19(12-22)7-8-19;1-2/h6,10,15H,7-9,11-12H2,1-5H3;1-2H3/b16-6-,20-13-;. The fourth-order valence-electron chi connectivity index (χ4n) is 3.52. The molecule has 2 heterocycles. The summed E-state index contributed by atoms with van der Waals surface area (Å²) in [5, 5.41) is 4.43. The monoisotopic (exact) mass is 374 g/mol. The molecule has 0 radical (unpaired) electrons. The number of nitrogens with zero attached hydrogens (tertiary/aromatic N) is 4. The van der Waals surface area contributed by atoms with Crippen LogP contribution in [0, 0.1) is 12.3 Å². The zero-order chi connectivity index (χ0) is 20.2. The Balaban J connectivity index is 0.00000126. The molecular formula is C21H34N4O2. The van der Waals surface area contributed by atoms with E-state index >= 15 is 0 Å². The van der Waals surface area contributed by atoms with Crippen LogP contribution >= 0.6 is 0 Å². The van der Waals surface area contributed by atoms with Gasteiger partial charge in [0.05, 0.1) is 25.5 Å². The second kappa shape index (κ2) is 8.83. The van der Waals surface area contributed by atoms with Gasteiger partial charge in [0.15, 0.2) is 0 Å². The molecule has 1 unspecified atom stereocenters. The van der Waals surface area contributed by atoms with Crippen molar-refractivity contribution in [1.29, 1.82) is 0 Å². The largest absolute Gasteiger partial charge is 0.465 e. The lowest BCUT2D eigenvalue weighted by molar-refractivity contribution is 0.0470. The van der Waals surface area contributed by atoms with E-state index in [4.69, 9.17) is 9.73 Å². The van der Waals surface area contributed by atoms with Gasteiger partial charge in [0, 0.05) is 25.0 Å². The Hall–Kier alpha value is -1.95. The summed E-state index contributed by atoms with van der Waals surface area (Å²) in [5.41, 5.74) is 3.99. The Morgan fingerprint density at radius 2 is 2.04 bits per heavy atom. The van der Waals surface area contributed by atoms with Gasteiger partial charge < -0.3 is 4.74 Å². The van der Waals surface area contributed by atoms with Gasteiger partial charge in [-0.2, -0.15) is 5.10 Å². The zero-order valence-corrected chi connectivity index (χ0v) is 17.9. The normalized spacial score (nSPS) is 19.8. The van der Waals surface area contributed by atoms with Crippen molar-refractivity contribution in [2.75, 3.05) is 20.2 Å². The number of likely N-dealkylation sites (tertiary alicyclic amines) is 1. The Morgan fingerprint density at radius 3 is 2.56 bits per heavy atom. The van der Waals surface area contributed by atoms with Gasteiger partial charge in [-0.25, -0.2) is 4.79 Å². The lowest BCUT2D eigenvalue weighted by atomic mass is 9.96. The van der Waals surface area contributed by atoms with Crippen molar-refractivity contribution in [3.8, 4) is 0 Å². The molecule has 1 saturated heterocycles. The van der Waals surface area contributed by atoms with Crippen LogP contribution in [0.3, 0.4) is 0 Å². The number of aliphatic imine (C=N–C) groups is 1. The number of ether oxygens (including phenoxy) is 1. The number of hydrogen-bond acceptors (Lipinski definition) is 5. The van der Waals surface area contributed by atoms with Crippen molar-refractivity contribution in [1.82, 2.24) is 14.7 Å². The van der Waals surface area contributed by atoms with Crippen LogP contribution in [0.4, 0.5) is 0 Å². The van der Waals surface area contributed by atoms with Gasteiger partial charge in [-0.1, -0.05) is 19.9 Å². The molecule has 6 nitrogen and oxygen atoms in total. The van der Waals surface area contributed by atoms with E-state index in [1.807, 2.05) is 27.7 Å². The fourth-order valence-corrected chi connectivity index (χ4v) is 3.52. The summed E-state index contributed by atoms with van der Waals surface area (Å²) < 4.78 is 6.57. The van der Waals surface area contributed by atoms with E-state index in [0.29, 0.717) is 23.2 Å². The Bertz CT molecular complexity index is 721. The molecule has 0 bridgehead atoms. The van der Waals surface area contributed by atoms with Crippen LogP contribution in [-0.4, -0.2) is 52.7 Å². The summed E-state index contributed by atoms with van der Waals surface area (Å²) in [6, 6.07) is 0. The van der Waals surface area contributed by atoms with Crippen molar-refractivity contribution < 1.29 is 9.53 Å². The van der Waals surface area contributed by atoms with Gasteiger partial charge >= 0.3 is 5.97 Å². The number of aromatic nitrogens is 2. The number of hydrogen-bond donors (Lipinski definition) is 0. The molecule has 0 aromatic carbocycles. The Morgan fingerprint density at radius 1 is 1.41 bits per heavy atom. The number of methoxy groups -OCH3 is 1. The predicted octanol–water partition coefficient (Wildman–Crippen LogP) is 3.85. The van der Waals surface area contributed by atoms with E-state index in [0.717, 1.165) is 11.3 Å². The minimum atomic E-state index is -0.350. The first kappa shape index (κ1) is 21.4. The maximum atomic E-state index is 11.7. The molecule has 150 valence electrons.